The smallest absolute Gasteiger partial charge is 0.124 e. The molecule has 4 heteroatoms. The van der Waals surface area contributed by atoms with E-state index >= 15 is 0 Å². The monoisotopic (exact) mass is 273 g/mol. The zero-order valence-electron chi connectivity index (χ0n) is 11.6. The molecule has 0 aromatic heterocycles. The van der Waals surface area contributed by atoms with Crippen molar-refractivity contribution in [3.05, 3.63) is 29.8 Å². The van der Waals surface area contributed by atoms with E-state index in [0.29, 0.717) is 38.2 Å². The lowest BCUT2D eigenvalue weighted by Crippen LogP contribution is -2.62. The molecule has 1 aliphatic carbocycles. The molecule has 1 aromatic carbocycles. The lowest BCUT2D eigenvalue weighted by Gasteiger charge is -2.53. The largest absolute Gasteiger partial charge is 0.493 e. The predicted molar refractivity (Wildman–Crippen MR) is 73.4 cm³/mol. The van der Waals surface area contributed by atoms with Gasteiger partial charge in [0.2, 0.25) is 0 Å². The molecule has 1 heterocycles. The molecule has 3 rings (SSSR count). The molecule has 4 nitrogen and oxygen atoms in total. The summed E-state index contributed by atoms with van der Waals surface area (Å²) in [6.07, 6.45) is 1.62. The summed E-state index contributed by atoms with van der Waals surface area (Å²) in [5, 5.41) is 20.8. The molecule has 1 unspecified atom stereocenters. The van der Waals surface area contributed by atoms with Crippen molar-refractivity contribution in [2.24, 2.45) is 0 Å². The fourth-order valence-corrected chi connectivity index (χ4v) is 3.49. The fourth-order valence-electron chi connectivity index (χ4n) is 3.49. The number of rotatable bonds is 3. The van der Waals surface area contributed by atoms with Gasteiger partial charge in [0.1, 0.15) is 11.2 Å². The molecule has 1 saturated carbocycles. The number of para-hydroxylation sites is 1. The van der Waals surface area contributed by atoms with Crippen molar-refractivity contribution in [3.8, 4) is 11.8 Å². The molecular formula is C16H19NO3. The van der Waals surface area contributed by atoms with Gasteiger partial charge in [-0.2, -0.15) is 5.26 Å². The van der Waals surface area contributed by atoms with Gasteiger partial charge in [-0.25, -0.2) is 0 Å². The maximum atomic E-state index is 11.0. The van der Waals surface area contributed by atoms with E-state index in [1.54, 1.807) is 0 Å². The van der Waals surface area contributed by atoms with Gasteiger partial charge in [0.15, 0.2) is 0 Å². The predicted octanol–water partition coefficient (Wildman–Crippen LogP) is 2.16. The number of benzene rings is 1. The van der Waals surface area contributed by atoms with Gasteiger partial charge < -0.3 is 14.6 Å². The van der Waals surface area contributed by atoms with E-state index in [1.807, 2.05) is 31.2 Å². The molecule has 1 N–H and O–H groups in total. The third-order valence-electron chi connectivity index (χ3n) is 4.60. The van der Waals surface area contributed by atoms with Crippen molar-refractivity contribution in [2.75, 3.05) is 13.2 Å². The zero-order valence-corrected chi connectivity index (χ0v) is 11.6. The molecule has 0 saturated heterocycles. The van der Waals surface area contributed by atoms with E-state index in [9.17, 15) is 10.4 Å². The Bertz CT molecular complexity index is 545. The Morgan fingerprint density at radius 3 is 2.90 bits per heavy atom. The van der Waals surface area contributed by atoms with Crippen molar-refractivity contribution in [2.45, 2.75) is 43.3 Å². The molecule has 106 valence electrons. The van der Waals surface area contributed by atoms with Crippen molar-refractivity contribution in [1.29, 1.82) is 5.26 Å². The van der Waals surface area contributed by atoms with Gasteiger partial charge >= 0.3 is 0 Å². The topological polar surface area (TPSA) is 62.5 Å². The Morgan fingerprint density at radius 2 is 2.20 bits per heavy atom. The SMILES string of the molecule is CCOC1CC(O)(C2(C#N)CCOc3ccccc32)C1. The van der Waals surface area contributed by atoms with Crippen LogP contribution in [0, 0.1) is 11.3 Å². The molecule has 1 aliphatic heterocycles. The Labute approximate surface area is 118 Å². The first-order valence-corrected chi connectivity index (χ1v) is 7.13. The summed E-state index contributed by atoms with van der Waals surface area (Å²) in [6, 6.07) is 9.93. The highest BCUT2D eigenvalue weighted by Crippen LogP contribution is 2.54. The third kappa shape index (κ3) is 1.74. The van der Waals surface area contributed by atoms with Crippen molar-refractivity contribution >= 4 is 0 Å². The number of ether oxygens (including phenoxy) is 2. The highest BCUT2D eigenvalue weighted by Gasteiger charge is 2.61. The van der Waals surface area contributed by atoms with E-state index < -0.39 is 11.0 Å². The van der Waals surface area contributed by atoms with Crippen LogP contribution in [0.15, 0.2) is 24.3 Å². The molecular weight excluding hydrogens is 254 g/mol. The summed E-state index contributed by atoms with van der Waals surface area (Å²) in [5.74, 6) is 0.716. The fraction of sp³-hybridized carbons (Fsp3) is 0.562. The van der Waals surface area contributed by atoms with Crippen molar-refractivity contribution in [1.82, 2.24) is 0 Å². The second kappa shape index (κ2) is 4.76. The number of hydrogen-bond acceptors (Lipinski definition) is 4. The molecule has 0 bridgehead atoms. The van der Waals surface area contributed by atoms with E-state index in [-0.39, 0.29) is 6.10 Å². The summed E-state index contributed by atoms with van der Waals surface area (Å²) < 4.78 is 11.2. The van der Waals surface area contributed by atoms with Crippen molar-refractivity contribution in [3.63, 3.8) is 0 Å². The van der Waals surface area contributed by atoms with Crippen LogP contribution >= 0.6 is 0 Å². The van der Waals surface area contributed by atoms with Gasteiger partial charge in [-0.15, -0.1) is 0 Å². The molecule has 0 radical (unpaired) electrons. The minimum atomic E-state index is -1.01. The maximum absolute atomic E-state index is 11.0. The lowest BCUT2D eigenvalue weighted by molar-refractivity contribution is -0.170. The van der Waals surface area contributed by atoms with Crippen LogP contribution in [0.4, 0.5) is 0 Å². The zero-order chi connectivity index (χ0) is 14.2. The highest BCUT2D eigenvalue weighted by molar-refractivity contribution is 5.49. The van der Waals surface area contributed by atoms with Crippen LogP contribution in [0.1, 0.15) is 31.7 Å². The van der Waals surface area contributed by atoms with E-state index in [4.69, 9.17) is 9.47 Å². The Kier molecular flexibility index (Phi) is 3.19. The lowest BCUT2D eigenvalue weighted by atomic mass is 9.56. The maximum Gasteiger partial charge on any atom is 0.124 e. The van der Waals surface area contributed by atoms with Gasteiger partial charge in [0.05, 0.1) is 24.4 Å². The Balaban J connectivity index is 1.97. The standard InChI is InChI=1S/C16H19NO3/c1-2-19-12-9-16(18,10-12)15(11-17)7-8-20-14-6-4-3-5-13(14)15/h3-6,12,18H,2,7-10H2,1H3. The molecule has 20 heavy (non-hydrogen) atoms. The van der Waals surface area contributed by atoms with Gasteiger partial charge in [0, 0.05) is 31.4 Å². The molecule has 1 aromatic rings. The second-order valence-electron chi connectivity index (χ2n) is 5.63. The Morgan fingerprint density at radius 1 is 1.45 bits per heavy atom. The third-order valence-corrected chi connectivity index (χ3v) is 4.60. The van der Waals surface area contributed by atoms with Gasteiger partial charge in [-0.3, -0.25) is 0 Å². The first kappa shape index (κ1) is 13.4. The quantitative estimate of drug-likeness (QED) is 0.916. The first-order chi connectivity index (χ1) is 9.65. The summed E-state index contributed by atoms with van der Waals surface area (Å²) in [6.45, 7) is 3.05. The van der Waals surface area contributed by atoms with E-state index in [0.717, 1.165) is 5.56 Å². The first-order valence-electron chi connectivity index (χ1n) is 7.13. The summed E-state index contributed by atoms with van der Waals surface area (Å²) in [4.78, 5) is 0. The van der Waals surface area contributed by atoms with Gasteiger partial charge in [-0.1, -0.05) is 18.2 Å². The molecule has 1 fully saturated rings. The van der Waals surface area contributed by atoms with Crippen LogP contribution < -0.4 is 4.74 Å². The van der Waals surface area contributed by atoms with Crippen LogP contribution in [0.2, 0.25) is 0 Å². The molecule has 0 amide bonds. The van der Waals surface area contributed by atoms with Gasteiger partial charge in [-0.05, 0) is 13.0 Å². The van der Waals surface area contributed by atoms with Crippen molar-refractivity contribution < 1.29 is 14.6 Å². The highest BCUT2D eigenvalue weighted by atomic mass is 16.5. The summed E-state index contributed by atoms with van der Waals surface area (Å²) in [5.41, 5.74) is -1.08. The average molecular weight is 273 g/mol. The second-order valence-corrected chi connectivity index (χ2v) is 5.63. The minimum absolute atomic E-state index is 0.0604. The normalized spacial score (nSPS) is 35.4. The number of hydrogen-bond donors (Lipinski definition) is 1. The van der Waals surface area contributed by atoms with Crippen LogP contribution in [0.25, 0.3) is 0 Å². The summed E-state index contributed by atoms with van der Waals surface area (Å²) >= 11 is 0. The summed E-state index contributed by atoms with van der Waals surface area (Å²) in [7, 11) is 0. The molecule has 1 atom stereocenters. The number of fused-ring (bicyclic) bond motifs is 1. The number of nitriles is 1. The molecule has 0 spiro atoms. The van der Waals surface area contributed by atoms with Gasteiger partial charge in [0.25, 0.3) is 0 Å². The van der Waals surface area contributed by atoms with E-state index in [2.05, 4.69) is 6.07 Å². The van der Waals surface area contributed by atoms with Crippen LogP contribution in [0.5, 0.6) is 5.75 Å². The molecule has 2 aliphatic rings. The minimum Gasteiger partial charge on any atom is -0.493 e. The number of aliphatic hydroxyl groups is 1. The Hall–Kier alpha value is -1.57. The van der Waals surface area contributed by atoms with E-state index in [1.165, 1.54) is 0 Å². The van der Waals surface area contributed by atoms with Crippen LogP contribution in [0.3, 0.4) is 0 Å². The average Bonchev–Trinajstić information content (AvgIpc) is 2.45. The van der Waals surface area contributed by atoms with Crippen LogP contribution in [-0.4, -0.2) is 30.0 Å². The number of nitrogens with zero attached hydrogens (tertiary/aromatic N) is 1. The van der Waals surface area contributed by atoms with Crippen LogP contribution in [-0.2, 0) is 10.2 Å².